The Morgan fingerprint density at radius 2 is 2.08 bits per heavy atom. The number of rotatable bonds is 6. The first-order valence-electron chi connectivity index (χ1n) is 9.16. The molecule has 0 unspecified atom stereocenters. The fraction of sp³-hybridized carbons (Fsp3) is 0.450. The van der Waals surface area contributed by atoms with Gasteiger partial charge in [0.15, 0.2) is 0 Å². The third-order valence-electron chi connectivity index (χ3n) is 5.32. The first-order valence-corrected chi connectivity index (χ1v) is 9.16. The zero-order chi connectivity index (χ0) is 17.1. The van der Waals surface area contributed by atoms with Crippen LogP contribution in [-0.4, -0.2) is 46.5 Å². The lowest BCUT2D eigenvalue weighted by atomic mass is 10.1. The van der Waals surface area contributed by atoms with Crippen molar-refractivity contribution in [2.45, 2.75) is 31.7 Å². The molecule has 25 heavy (non-hydrogen) atoms. The molecule has 0 radical (unpaired) electrons. The SMILES string of the molecule is O=C(CN1C[C@@H]2CC[C@H]1C2)NCCc1nccc(-c2ccccc2)n1. The van der Waals surface area contributed by atoms with E-state index < -0.39 is 0 Å². The smallest absolute Gasteiger partial charge is 0.234 e. The maximum atomic E-state index is 12.2. The Hall–Kier alpha value is -2.27. The van der Waals surface area contributed by atoms with E-state index in [9.17, 15) is 4.79 Å². The minimum atomic E-state index is 0.117. The van der Waals surface area contributed by atoms with E-state index in [2.05, 4.69) is 20.2 Å². The Balaban J connectivity index is 1.26. The van der Waals surface area contributed by atoms with Crippen molar-refractivity contribution in [3.05, 3.63) is 48.4 Å². The summed E-state index contributed by atoms with van der Waals surface area (Å²) < 4.78 is 0. The fourth-order valence-corrected chi connectivity index (χ4v) is 4.06. The highest BCUT2D eigenvalue weighted by molar-refractivity contribution is 5.78. The Morgan fingerprint density at radius 3 is 2.84 bits per heavy atom. The van der Waals surface area contributed by atoms with E-state index in [0.717, 1.165) is 29.5 Å². The predicted molar refractivity (Wildman–Crippen MR) is 96.9 cm³/mol. The lowest BCUT2D eigenvalue weighted by Crippen LogP contribution is -2.41. The summed E-state index contributed by atoms with van der Waals surface area (Å²) in [6, 6.07) is 12.6. The monoisotopic (exact) mass is 336 g/mol. The van der Waals surface area contributed by atoms with Crippen molar-refractivity contribution in [2.75, 3.05) is 19.6 Å². The lowest BCUT2D eigenvalue weighted by molar-refractivity contribution is -0.122. The third kappa shape index (κ3) is 3.87. The van der Waals surface area contributed by atoms with Crippen LogP contribution in [-0.2, 0) is 11.2 Å². The summed E-state index contributed by atoms with van der Waals surface area (Å²) in [5.74, 6) is 1.71. The highest BCUT2D eigenvalue weighted by Crippen LogP contribution is 2.36. The minimum Gasteiger partial charge on any atom is -0.355 e. The maximum absolute atomic E-state index is 12.2. The molecule has 1 saturated carbocycles. The molecule has 0 spiro atoms. The van der Waals surface area contributed by atoms with Crippen molar-refractivity contribution in [3.63, 3.8) is 0 Å². The summed E-state index contributed by atoms with van der Waals surface area (Å²) in [7, 11) is 0. The number of carbonyl (C=O) groups excluding carboxylic acids is 1. The van der Waals surface area contributed by atoms with Crippen LogP contribution in [0, 0.1) is 5.92 Å². The quantitative estimate of drug-likeness (QED) is 0.879. The number of hydrogen-bond acceptors (Lipinski definition) is 4. The molecule has 1 amide bonds. The van der Waals surface area contributed by atoms with Gasteiger partial charge in [-0.05, 0) is 31.2 Å². The molecule has 5 heteroatoms. The van der Waals surface area contributed by atoms with Crippen LogP contribution in [0.4, 0.5) is 0 Å². The summed E-state index contributed by atoms with van der Waals surface area (Å²) in [6.45, 7) is 2.21. The highest BCUT2D eigenvalue weighted by atomic mass is 16.2. The van der Waals surface area contributed by atoms with Gasteiger partial charge in [-0.25, -0.2) is 9.97 Å². The average Bonchev–Trinajstić information content (AvgIpc) is 3.26. The number of hydrogen-bond donors (Lipinski definition) is 1. The molecule has 2 aromatic rings. The highest BCUT2D eigenvalue weighted by Gasteiger charge is 2.38. The fourth-order valence-electron chi connectivity index (χ4n) is 4.06. The molecule has 1 N–H and O–H groups in total. The molecule has 2 bridgehead atoms. The molecule has 2 fully saturated rings. The number of likely N-dealkylation sites (tertiary alicyclic amines) is 1. The molecule has 1 aliphatic carbocycles. The van der Waals surface area contributed by atoms with Crippen LogP contribution in [0.5, 0.6) is 0 Å². The number of nitrogens with zero attached hydrogens (tertiary/aromatic N) is 3. The van der Waals surface area contributed by atoms with Crippen LogP contribution in [0.25, 0.3) is 11.3 Å². The Kier molecular flexibility index (Phi) is 4.74. The van der Waals surface area contributed by atoms with E-state index in [-0.39, 0.29) is 5.91 Å². The van der Waals surface area contributed by atoms with Crippen molar-refractivity contribution in [3.8, 4) is 11.3 Å². The summed E-state index contributed by atoms with van der Waals surface area (Å²) in [6.07, 6.45) is 6.33. The second-order valence-corrected chi connectivity index (χ2v) is 7.09. The van der Waals surface area contributed by atoms with Gasteiger partial charge in [-0.15, -0.1) is 0 Å². The molecule has 1 saturated heterocycles. The zero-order valence-corrected chi connectivity index (χ0v) is 14.4. The van der Waals surface area contributed by atoms with Crippen molar-refractivity contribution < 1.29 is 4.79 Å². The Labute approximate surface area is 148 Å². The molecule has 2 aliphatic rings. The van der Waals surface area contributed by atoms with Crippen LogP contribution in [0.1, 0.15) is 25.1 Å². The number of fused-ring (bicyclic) bond motifs is 2. The summed E-state index contributed by atoms with van der Waals surface area (Å²) in [4.78, 5) is 23.4. The molecule has 2 heterocycles. The molecular weight excluding hydrogens is 312 g/mol. The van der Waals surface area contributed by atoms with E-state index in [1.54, 1.807) is 6.20 Å². The van der Waals surface area contributed by atoms with Gasteiger partial charge in [0.05, 0.1) is 12.2 Å². The number of aromatic nitrogens is 2. The van der Waals surface area contributed by atoms with Gasteiger partial charge >= 0.3 is 0 Å². The van der Waals surface area contributed by atoms with Gasteiger partial charge < -0.3 is 5.32 Å². The van der Waals surface area contributed by atoms with E-state index in [0.29, 0.717) is 25.6 Å². The molecular formula is C20H24N4O. The molecule has 2 atom stereocenters. The van der Waals surface area contributed by atoms with Gasteiger partial charge in [0.2, 0.25) is 5.91 Å². The van der Waals surface area contributed by atoms with Gasteiger partial charge in [0.1, 0.15) is 5.82 Å². The normalized spacial score (nSPS) is 22.2. The summed E-state index contributed by atoms with van der Waals surface area (Å²) in [5, 5.41) is 3.02. The molecule has 130 valence electrons. The predicted octanol–water partition coefficient (Wildman–Crippen LogP) is 2.29. The van der Waals surface area contributed by atoms with E-state index >= 15 is 0 Å². The number of piperidine rings is 1. The number of benzene rings is 1. The first kappa shape index (κ1) is 16.2. The maximum Gasteiger partial charge on any atom is 0.234 e. The molecule has 1 aromatic carbocycles. The van der Waals surface area contributed by atoms with Gasteiger partial charge in [0.25, 0.3) is 0 Å². The third-order valence-corrected chi connectivity index (χ3v) is 5.32. The van der Waals surface area contributed by atoms with E-state index in [1.807, 2.05) is 36.4 Å². The van der Waals surface area contributed by atoms with Gasteiger partial charge in [-0.2, -0.15) is 0 Å². The standard InChI is InChI=1S/C20H24N4O/c25-20(14-24-13-15-6-7-17(24)12-15)22-11-9-19-21-10-8-18(23-19)16-4-2-1-3-5-16/h1-5,8,10,15,17H,6-7,9,11-14H2,(H,22,25)/t15-,17+/m1/s1. The topological polar surface area (TPSA) is 58.1 Å². The van der Waals surface area contributed by atoms with Crippen LogP contribution >= 0.6 is 0 Å². The van der Waals surface area contributed by atoms with Gasteiger partial charge in [-0.1, -0.05) is 30.3 Å². The zero-order valence-electron chi connectivity index (χ0n) is 14.4. The molecule has 4 rings (SSSR count). The van der Waals surface area contributed by atoms with Crippen molar-refractivity contribution in [2.24, 2.45) is 5.92 Å². The van der Waals surface area contributed by atoms with Crippen LogP contribution in [0.15, 0.2) is 42.6 Å². The first-order chi connectivity index (χ1) is 12.3. The van der Waals surface area contributed by atoms with Crippen LogP contribution in [0.3, 0.4) is 0 Å². The van der Waals surface area contributed by atoms with Crippen LogP contribution in [0.2, 0.25) is 0 Å². The van der Waals surface area contributed by atoms with E-state index in [1.165, 1.54) is 19.3 Å². The van der Waals surface area contributed by atoms with Crippen molar-refractivity contribution >= 4 is 5.91 Å². The van der Waals surface area contributed by atoms with Crippen molar-refractivity contribution in [1.29, 1.82) is 0 Å². The Bertz CT molecular complexity index is 733. The summed E-state index contributed by atoms with van der Waals surface area (Å²) in [5.41, 5.74) is 2.00. The number of amides is 1. The second-order valence-electron chi connectivity index (χ2n) is 7.09. The molecule has 1 aromatic heterocycles. The number of nitrogens with one attached hydrogen (secondary N) is 1. The van der Waals surface area contributed by atoms with Gasteiger partial charge in [0, 0.05) is 37.3 Å². The minimum absolute atomic E-state index is 0.117. The van der Waals surface area contributed by atoms with Crippen molar-refractivity contribution in [1.82, 2.24) is 20.2 Å². The van der Waals surface area contributed by atoms with Crippen LogP contribution < -0.4 is 5.32 Å². The largest absolute Gasteiger partial charge is 0.355 e. The molecule has 5 nitrogen and oxygen atoms in total. The number of carbonyl (C=O) groups is 1. The second kappa shape index (κ2) is 7.31. The Morgan fingerprint density at radius 1 is 1.20 bits per heavy atom. The lowest BCUT2D eigenvalue weighted by Gasteiger charge is -2.25. The summed E-state index contributed by atoms with van der Waals surface area (Å²) >= 11 is 0. The van der Waals surface area contributed by atoms with Gasteiger partial charge in [-0.3, -0.25) is 9.69 Å². The average molecular weight is 336 g/mol. The van der Waals surface area contributed by atoms with E-state index in [4.69, 9.17) is 0 Å². The molecule has 1 aliphatic heterocycles.